The highest BCUT2D eigenvalue weighted by molar-refractivity contribution is 6.35. The van der Waals surface area contributed by atoms with Gasteiger partial charge in [0.15, 0.2) is 5.82 Å². The van der Waals surface area contributed by atoms with Crippen LogP contribution in [0.1, 0.15) is 10.5 Å². The molecule has 0 unspecified atom stereocenters. The molecule has 6 nitrogen and oxygen atoms in total. The highest BCUT2D eigenvalue weighted by Crippen LogP contribution is 2.27. The van der Waals surface area contributed by atoms with Crippen molar-refractivity contribution in [1.29, 1.82) is 0 Å². The zero-order chi connectivity index (χ0) is 17.1. The Bertz CT molecular complexity index is 900. The molecule has 0 spiro atoms. The van der Waals surface area contributed by atoms with E-state index < -0.39 is 5.91 Å². The topological polar surface area (TPSA) is 88.0 Å². The molecule has 0 aliphatic heterocycles. The largest absolute Gasteiger partial charge is 0.395 e. The number of benzene rings is 1. The summed E-state index contributed by atoms with van der Waals surface area (Å²) in [7, 11) is 0. The number of aliphatic hydroxyl groups is 1. The molecule has 0 atom stereocenters. The summed E-state index contributed by atoms with van der Waals surface area (Å²) < 4.78 is 0. The van der Waals surface area contributed by atoms with E-state index in [1.807, 2.05) is 0 Å². The number of amides is 1. The lowest BCUT2D eigenvalue weighted by molar-refractivity contribution is 0.0941. The van der Waals surface area contributed by atoms with Crippen molar-refractivity contribution in [3.8, 4) is 11.4 Å². The molecule has 0 saturated heterocycles. The van der Waals surface area contributed by atoms with Crippen LogP contribution in [-0.4, -0.2) is 39.1 Å². The zero-order valence-electron chi connectivity index (χ0n) is 12.3. The van der Waals surface area contributed by atoms with E-state index in [1.54, 1.807) is 30.3 Å². The molecule has 2 aromatic heterocycles. The van der Waals surface area contributed by atoms with Crippen LogP contribution in [0.5, 0.6) is 0 Å². The number of pyridine rings is 1. The standard InChI is InChI=1S/C16H12Cl2N4O2/c17-11-3-1-2-10-13(11)21-15(9-4-5-12(18)20-8-9)22-14(10)16(24)19-6-7-23/h1-5,8,23H,6-7H2,(H,19,24). The lowest BCUT2D eigenvalue weighted by Gasteiger charge is -2.10. The second-order valence-corrected chi connectivity index (χ2v) is 5.68. The second kappa shape index (κ2) is 7.09. The molecule has 1 aromatic carbocycles. The van der Waals surface area contributed by atoms with Crippen LogP contribution in [0.4, 0.5) is 0 Å². The minimum atomic E-state index is -0.415. The highest BCUT2D eigenvalue weighted by Gasteiger charge is 2.17. The summed E-state index contributed by atoms with van der Waals surface area (Å²) in [6, 6.07) is 8.46. The van der Waals surface area contributed by atoms with E-state index in [9.17, 15) is 4.79 Å². The first-order chi connectivity index (χ1) is 11.6. The second-order valence-electron chi connectivity index (χ2n) is 4.88. The van der Waals surface area contributed by atoms with Crippen molar-refractivity contribution in [2.24, 2.45) is 0 Å². The molecule has 2 N–H and O–H groups in total. The molecule has 0 aliphatic rings. The molecule has 24 heavy (non-hydrogen) atoms. The van der Waals surface area contributed by atoms with Crippen molar-refractivity contribution >= 4 is 40.0 Å². The molecule has 3 rings (SSSR count). The number of halogens is 2. The summed E-state index contributed by atoms with van der Waals surface area (Å²) in [5.41, 5.74) is 1.26. The lowest BCUT2D eigenvalue weighted by atomic mass is 10.1. The molecule has 8 heteroatoms. The average Bonchev–Trinajstić information content (AvgIpc) is 2.60. The molecule has 0 fully saturated rings. The number of carbonyl (C=O) groups is 1. The average molecular weight is 363 g/mol. The Morgan fingerprint density at radius 2 is 2.00 bits per heavy atom. The van der Waals surface area contributed by atoms with Crippen molar-refractivity contribution in [2.45, 2.75) is 0 Å². The van der Waals surface area contributed by atoms with E-state index in [2.05, 4.69) is 20.3 Å². The van der Waals surface area contributed by atoms with Crippen LogP contribution in [-0.2, 0) is 0 Å². The summed E-state index contributed by atoms with van der Waals surface area (Å²) in [4.78, 5) is 25.2. The Labute approximate surface area is 147 Å². The van der Waals surface area contributed by atoms with Gasteiger partial charge in [-0.2, -0.15) is 0 Å². The third-order valence-electron chi connectivity index (χ3n) is 3.28. The first-order valence-electron chi connectivity index (χ1n) is 7.07. The Kier molecular flexibility index (Phi) is 4.89. The van der Waals surface area contributed by atoms with Crippen molar-refractivity contribution in [2.75, 3.05) is 13.2 Å². The first-order valence-corrected chi connectivity index (χ1v) is 7.83. The molecule has 0 aliphatic carbocycles. The number of fused-ring (bicyclic) bond motifs is 1. The van der Waals surface area contributed by atoms with Crippen LogP contribution in [0.3, 0.4) is 0 Å². The van der Waals surface area contributed by atoms with Gasteiger partial charge in [0.05, 0.1) is 17.1 Å². The number of nitrogens with zero attached hydrogens (tertiary/aromatic N) is 3. The van der Waals surface area contributed by atoms with Gasteiger partial charge < -0.3 is 10.4 Å². The molecule has 3 aromatic rings. The quantitative estimate of drug-likeness (QED) is 0.696. The fraction of sp³-hybridized carbons (Fsp3) is 0.125. The summed E-state index contributed by atoms with van der Waals surface area (Å²) >= 11 is 12.0. The number of aromatic nitrogens is 3. The van der Waals surface area contributed by atoms with Gasteiger partial charge in [0.2, 0.25) is 0 Å². The number of hydrogen-bond donors (Lipinski definition) is 2. The number of carbonyl (C=O) groups excluding carboxylic acids is 1. The van der Waals surface area contributed by atoms with Gasteiger partial charge in [-0.3, -0.25) is 4.79 Å². The number of nitrogens with one attached hydrogen (secondary N) is 1. The maximum atomic E-state index is 12.4. The fourth-order valence-corrected chi connectivity index (χ4v) is 2.51. The van der Waals surface area contributed by atoms with Crippen LogP contribution in [0.25, 0.3) is 22.3 Å². The van der Waals surface area contributed by atoms with Gasteiger partial charge in [0.25, 0.3) is 5.91 Å². The molecule has 0 bridgehead atoms. The first kappa shape index (κ1) is 16.6. The molecule has 0 saturated carbocycles. The van der Waals surface area contributed by atoms with Crippen molar-refractivity contribution in [3.05, 3.63) is 52.4 Å². The van der Waals surface area contributed by atoms with Gasteiger partial charge >= 0.3 is 0 Å². The third-order valence-corrected chi connectivity index (χ3v) is 3.80. The number of para-hydroxylation sites is 1. The maximum Gasteiger partial charge on any atom is 0.270 e. The van der Waals surface area contributed by atoms with E-state index in [1.165, 1.54) is 6.20 Å². The monoisotopic (exact) mass is 362 g/mol. The molecular weight excluding hydrogens is 351 g/mol. The van der Waals surface area contributed by atoms with E-state index in [4.69, 9.17) is 28.3 Å². The fourth-order valence-electron chi connectivity index (χ4n) is 2.18. The molecule has 0 radical (unpaired) electrons. The predicted octanol–water partition coefficient (Wildman–Crippen LogP) is 2.72. The van der Waals surface area contributed by atoms with Crippen LogP contribution in [0, 0.1) is 0 Å². The number of aliphatic hydroxyl groups excluding tert-OH is 1. The van der Waals surface area contributed by atoms with Crippen LogP contribution in [0.15, 0.2) is 36.5 Å². The van der Waals surface area contributed by atoms with Gasteiger partial charge in [-0.15, -0.1) is 0 Å². The molecule has 1 amide bonds. The highest BCUT2D eigenvalue weighted by atomic mass is 35.5. The minimum Gasteiger partial charge on any atom is -0.395 e. The van der Waals surface area contributed by atoms with Crippen LogP contribution in [0.2, 0.25) is 10.2 Å². The summed E-state index contributed by atoms with van der Waals surface area (Å²) in [5, 5.41) is 12.8. The van der Waals surface area contributed by atoms with Crippen molar-refractivity contribution in [1.82, 2.24) is 20.3 Å². The van der Waals surface area contributed by atoms with E-state index in [-0.39, 0.29) is 18.8 Å². The van der Waals surface area contributed by atoms with Gasteiger partial charge in [0.1, 0.15) is 10.8 Å². The Hall–Kier alpha value is -2.28. The predicted molar refractivity (Wildman–Crippen MR) is 92.2 cm³/mol. The Morgan fingerprint density at radius 3 is 2.71 bits per heavy atom. The summed E-state index contributed by atoms with van der Waals surface area (Å²) in [5.74, 6) is -0.101. The number of rotatable bonds is 4. The molecule has 122 valence electrons. The van der Waals surface area contributed by atoms with Gasteiger partial charge in [0, 0.05) is 23.7 Å². The zero-order valence-corrected chi connectivity index (χ0v) is 13.8. The van der Waals surface area contributed by atoms with E-state index >= 15 is 0 Å². The summed E-state index contributed by atoms with van der Waals surface area (Å²) in [6.45, 7) is -0.0355. The van der Waals surface area contributed by atoms with E-state index in [0.29, 0.717) is 32.5 Å². The maximum absolute atomic E-state index is 12.4. The molecule has 2 heterocycles. The summed E-state index contributed by atoms with van der Waals surface area (Å²) in [6.07, 6.45) is 1.52. The van der Waals surface area contributed by atoms with Crippen molar-refractivity contribution in [3.63, 3.8) is 0 Å². The minimum absolute atomic E-state index is 0.128. The smallest absolute Gasteiger partial charge is 0.270 e. The van der Waals surface area contributed by atoms with Gasteiger partial charge in [-0.05, 0) is 18.2 Å². The SMILES string of the molecule is O=C(NCCO)c1nc(-c2ccc(Cl)nc2)nc2c(Cl)cccc12. The Morgan fingerprint density at radius 1 is 1.17 bits per heavy atom. The van der Waals surface area contributed by atoms with E-state index in [0.717, 1.165) is 0 Å². The normalized spacial score (nSPS) is 10.8. The van der Waals surface area contributed by atoms with Crippen molar-refractivity contribution < 1.29 is 9.90 Å². The van der Waals surface area contributed by atoms with Gasteiger partial charge in [-0.1, -0.05) is 35.3 Å². The van der Waals surface area contributed by atoms with Crippen LogP contribution < -0.4 is 5.32 Å². The third kappa shape index (κ3) is 3.31. The lowest BCUT2D eigenvalue weighted by Crippen LogP contribution is -2.27. The molecular formula is C16H12Cl2N4O2. The van der Waals surface area contributed by atoms with Crippen LogP contribution >= 0.6 is 23.2 Å². The van der Waals surface area contributed by atoms with Gasteiger partial charge in [-0.25, -0.2) is 15.0 Å². The number of hydrogen-bond acceptors (Lipinski definition) is 5. The Balaban J connectivity index is 2.19.